The van der Waals surface area contributed by atoms with Gasteiger partial charge in [0.15, 0.2) is 5.13 Å². The van der Waals surface area contributed by atoms with Crippen molar-refractivity contribution in [3.63, 3.8) is 0 Å². The number of nitrogens with zero attached hydrogens (tertiary/aromatic N) is 3. The molecular weight excluding hydrogens is 286 g/mol. The molecule has 0 unspecified atom stereocenters. The first-order valence-electron chi connectivity index (χ1n) is 7.06. The van der Waals surface area contributed by atoms with Crippen LogP contribution in [-0.4, -0.2) is 26.7 Å². The van der Waals surface area contributed by atoms with E-state index in [0.717, 1.165) is 36.3 Å². The fourth-order valence-electron chi connectivity index (χ4n) is 2.58. The molecule has 2 aromatic heterocycles. The molecule has 3 N–H and O–H groups in total. The number of anilines is 1. The van der Waals surface area contributed by atoms with Crippen molar-refractivity contribution in [2.75, 3.05) is 5.32 Å². The highest BCUT2D eigenvalue weighted by molar-refractivity contribution is 7.15. The Bertz CT molecular complexity index is 675. The maximum Gasteiger partial charge on any atom is 0.247 e. The number of carbonyl (C=O) groups excluding carboxylic acids is 1. The minimum Gasteiger partial charge on any atom is -0.327 e. The third-order valence-corrected chi connectivity index (χ3v) is 4.66. The van der Waals surface area contributed by atoms with E-state index >= 15 is 0 Å². The van der Waals surface area contributed by atoms with Crippen LogP contribution in [0.4, 0.5) is 5.13 Å². The Balaban J connectivity index is 1.66. The maximum atomic E-state index is 12.1. The van der Waals surface area contributed by atoms with Crippen LogP contribution in [0.25, 0.3) is 0 Å². The number of carbonyl (C=O) groups is 1. The zero-order valence-corrected chi connectivity index (χ0v) is 13.0. The van der Waals surface area contributed by atoms with Gasteiger partial charge >= 0.3 is 0 Å². The molecule has 21 heavy (non-hydrogen) atoms. The monoisotopic (exact) mass is 305 g/mol. The van der Waals surface area contributed by atoms with Gasteiger partial charge in [0.05, 0.1) is 11.4 Å². The van der Waals surface area contributed by atoms with Crippen LogP contribution in [0.2, 0.25) is 0 Å². The third kappa shape index (κ3) is 3.14. The van der Waals surface area contributed by atoms with Crippen LogP contribution < -0.4 is 11.1 Å². The van der Waals surface area contributed by atoms with Gasteiger partial charge in [-0.15, -0.1) is 11.3 Å². The van der Waals surface area contributed by atoms with E-state index in [0.29, 0.717) is 5.13 Å². The number of thiazole rings is 1. The van der Waals surface area contributed by atoms with Crippen molar-refractivity contribution in [1.29, 1.82) is 0 Å². The lowest BCUT2D eigenvalue weighted by atomic mass is 9.99. The molecule has 0 fully saturated rings. The lowest BCUT2D eigenvalue weighted by molar-refractivity contribution is -0.116. The second-order valence-electron chi connectivity index (χ2n) is 5.52. The molecule has 1 amide bonds. The third-order valence-electron chi connectivity index (χ3n) is 3.62. The van der Waals surface area contributed by atoms with Crippen LogP contribution in [-0.2, 0) is 24.2 Å². The van der Waals surface area contributed by atoms with Gasteiger partial charge in [-0.05, 0) is 39.2 Å². The Morgan fingerprint density at radius 1 is 1.57 bits per heavy atom. The fraction of sp³-hybridized carbons (Fsp3) is 0.500. The van der Waals surface area contributed by atoms with E-state index in [1.807, 2.05) is 19.9 Å². The summed E-state index contributed by atoms with van der Waals surface area (Å²) in [7, 11) is 0. The average molecular weight is 305 g/mol. The van der Waals surface area contributed by atoms with Crippen LogP contribution >= 0.6 is 11.3 Å². The number of nitrogens with one attached hydrogen (secondary N) is 1. The number of hydrogen-bond donors (Lipinski definition) is 2. The fourth-order valence-corrected chi connectivity index (χ4v) is 3.70. The Morgan fingerprint density at radius 2 is 2.38 bits per heavy atom. The Kier molecular flexibility index (Phi) is 3.77. The summed E-state index contributed by atoms with van der Waals surface area (Å²) in [6.45, 7) is 4.07. The van der Waals surface area contributed by atoms with Gasteiger partial charge in [-0.2, -0.15) is 5.10 Å². The lowest BCUT2D eigenvalue weighted by Gasteiger charge is -2.15. The topological polar surface area (TPSA) is 85.8 Å². The molecule has 0 radical (unpaired) electrons. The summed E-state index contributed by atoms with van der Waals surface area (Å²) < 4.78 is 1.70. The molecule has 1 aliphatic carbocycles. The second kappa shape index (κ2) is 5.57. The predicted octanol–water partition coefficient (Wildman–Crippen LogP) is 1.41. The molecular formula is C14H19N5OS. The summed E-state index contributed by atoms with van der Waals surface area (Å²) in [6.07, 6.45) is 2.73. The van der Waals surface area contributed by atoms with Gasteiger partial charge in [0.1, 0.15) is 6.54 Å². The minimum atomic E-state index is -0.100. The molecule has 2 aromatic rings. The van der Waals surface area contributed by atoms with E-state index in [1.165, 1.54) is 16.2 Å². The van der Waals surface area contributed by atoms with E-state index in [2.05, 4.69) is 15.4 Å². The highest BCUT2D eigenvalue weighted by atomic mass is 32.1. The SMILES string of the molecule is Cc1cc(C)n(CC(=O)Nc2nc3c(s2)C[C@@H](N)CC3)n1. The number of hydrogen-bond acceptors (Lipinski definition) is 5. The lowest BCUT2D eigenvalue weighted by Crippen LogP contribution is -2.27. The van der Waals surface area contributed by atoms with E-state index in [1.54, 1.807) is 4.68 Å². The molecule has 0 aliphatic heterocycles. The van der Waals surface area contributed by atoms with Crippen molar-refractivity contribution in [3.05, 3.63) is 28.0 Å². The van der Waals surface area contributed by atoms with Gasteiger partial charge in [-0.3, -0.25) is 9.48 Å². The van der Waals surface area contributed by atoms with Gasteiger partial charge in [-0.1, -0.05) is 0 Å². The van der Waals surface area contributed by atoms with Gasteiger partial charge < -0.3 is 11.1 Å². The predicted molar refractivity (Wildman–Crippen MR) is 82.4 cm³/mol. The van der Waals surface area contributed by atoms with Gasteiger partial charge in [0.25, 0.3) is 0 Å². The summed E-state index contributed by atoms with van der Waals surface area (Å²) in [5, 5.41) is 7.82. The van der Waals surface area contributed by atoms with Crippen LogP contribution in [0, 0.1) is 13.8 Å². The molecule has 0 bridgehead atoms. The summed E-state index contributed by atoms with van der Waals surface area (Å²) >= 11 is 1.53. The van der Waals surface area contributed by atoms with E-state index < -0.39 is 0 Å². The van der Waals surface area contributed by atoms with Crippen LogP contribution in [0.3, 0.4) is 0 Å². The van der Waals surface area contributed by atoms with E-state index in [4.69, 9.17) is 5.73 Å². The number of nitrogens with two attached hydrogens (primary N) is 1. The Morgan fingerprint density at radius 3 is 3.10 bits per heavy atom. The highest BCUT2D eigenvalue weighted by Crippen LogP contribution is 2.29. The van der Waals surface area contributed by atoms with E-state index in [9.17, 15) is 4.79 Å². The highest BCUT2D eigenvalue weighted by Gasteiger charge is 2.20. The molecule has 2 heterocycles. The largest absolute Gasteiger partial charge is 0.327 e. The zero-order chi connectivity index (χ0) is 15.0. The standard InChI is InChI=1S/C14H19N5OS/c1-8-5-9(2)19(18-8)7-13(20)17-14-16-11-4-3-10(15)6-12(11)21-14/h5,10H,3-4,6-7,15H2,1-2H3,(H,16,17,20)/t10-/m0/s1. The molecule has 0 spiro atoms. The van der Waals surface area contributed by atoms with E-state index in [-0.39, 0.29) is 18.5 Å². The number of aromatic nitrogens is 3. The normalized spacial score (nSPS) is 17.6. The number of aryl methyl sites for hydroxylation is 3. The Hall–Kier alpha value is -1.73. The maximum absolute atomic E-state index is 12.1. The summed E-state index contributed by atoms with van der Waals surface area (Å²) in [5.41, 5.74) is 8.94. The molecule has 0 saturated heterocycles. The van der Waals surface area contributed by atoms with Crippen molar-refractivity contribution in [1.82, 2.24) is 14.8 Å². The van der Waals surface area contributed by atoms with Crippen molar-refractivity contribution in [3.8, 4) is 0 Å². The van der Waals surface area contributed by atoms with Gasteiger partial charge in [0, 0.05) is 16.6 Å². The smallest absolute Gasteiger partial charge is 0.247 e. The Labute approximate surface area is 127 Å². The molecule has 3 rings (SSSR count). The molecule has 7 heteroatoms. The van der Waals surface area contributed by atoms with Crippen molar-refractivity contribution in [2.24, 2.45) is 5.73 Å². The second-order valence-corrected chi connectivity index (χ2v) is 6.61. The zero-order valence-electron chi connectivity index (χ0n) is 12.2. The summed E-state index contributed by atoms with van der Waals surface area (Å²) in [6, 6.07) is 2.17. The first-order valence-corrected chi connectivity index (χ1v) is 7.88. The van der Waals surface area contributed by atoms with Crippen molar-refractivity contribution >= 4 is 22.4 Å². The molecule has 0 aromatic carbocycles. The molecule has 6 nitrogen and oxygen atoms in total. The van der Waals surface area contributed by atoms with Gasteiger partial charge in [0.2, 0.25) is 5.91 Å². The first-order chi connectivity index (χ1) is 10.0. The van der Waals surface area contributed by atoms with Crippen LogP contribution in [0.1, 0.15) is 28.4 Å². The van der Waals surface area contributed by atoms with Crippen LogP contribution in [0.5, 0.6) is 0 Å². The number of rotatable bonds is 3. The molecule has 1 aliphatic rings. The first kappa shape index (κ1) is 14.2. The number of fused-ring (bicyclic) bond motifs is 1. The number of amides is 1. The molecule has 1 atom stereocenters. The quantitative estimate of drug-likeness (QED) is 0.898. The van der Waals surface area contributed by atoms with Crippen molar-refractivity contribution in [2.45, 2.75) is 45.7 Å². The molecule has 0 saturated carbocycles. The average Bonchev–Trinajstić information content (AvgIpc) is 2.91. The minimum absolute atomic E-state index is 0.100. The molecule has 112 valence electrons. The van der Waals surface area contributed by atoms with Crippen molar-refractivity contribution < 1.29 is 4.79 Å². The summed E-state index contributed by atoms with van der Waals surface area (Å²) in [4.78, 5) is 17.8. The van der Waals surface area contributed by atoms with Crippen LogP contribution in [0.15, 0.2) is 6.07 Å². The van der Waals surface area contributed by atoms with Gasteiger partial charge in [-0.25, -0.2) is 4.98 Å². The summed E-state index contributed by atoms with van der Waals surface area (Å²) in [5.74, 6) is -0.100.